The molecule has 0 fully saturated rings. The Kier molecular flexibility index (Phi) is 10.4. The highest BCUT2D eigenvalue weighted by atomic mass is 35.5. The molecule has 8 heteroatoms. The van der Waals surface area contributed by atoms with E-state index in [-0.39, 0.29) is 5.91 Å². The zero-order chi connectivity index (χ0) is 21.8. The second-order valence-corrected chi connectivity index (χ2v) is 7.73. The van der Waals surface area contributed by atoms with Crippen LogP contribution in [0.4, 0.5) is 5.82 Å². The Bertz CT molecular complexity index is 836. The third kappa shape index (κ3) is 7.82. The number of ether oxygens (including phenoxy) is 1. The van der Waals surface area contributed by atoms with Gasteiger partial charge in [0.2, 0.25) is 0 Å². The van der Waals surface area contributed by atoms with Gasteiger partial charge in [0.25, 0.3) is 5.91 Å². The SMILES string of the molecule is C=CCN(CC=C)c1cc(Cl)nc(SCc2ccc(C(=O)NCCCOC)cc2)n1. The fourth-order valence-corrected chi connectivity index (χ4v) is 3.64. The maximum Gasteiger partial charge on any atom is 0.251 e. The lowest BCUT2D eigenvalue weighted by Gasteiger charge is -2.20. The summed E-state index contributed by atoms with van der Waals surface area (Å²) in [6.45, 7) is 10.1. The molecular formula is C22H27ClN4O2S. The average Bonchev–Trinajstić information content (AvgIpc) is 2.75. The first-order chi connectivity index (χ1) is 14.6. The van der Waals surface area contributed by atoms with Crippen LogP contribution in [0.1, 0.15) is 22.3 Å². The van der Waals surface area contributed by atoms with Crippen LogP contribution in [0, 0.1) is 0 Å². The minimum atomic E-state index is -0.0855. The first-order valence-electron chi connectivity index (χ1n) is 9.57. The summed E-state index contributed by atoms with van der Waals surface area (Å²) in [5, 5.41) is 3.86. The number of benzene rings is 1. The lowest BCUT2D eigenvalue weighted by molar-refractivity contribution is 0.0948. The van der Waals surface area contributed by atoms with Gasteiger partial charge in [0.1, 0.15) is 11.0 Å². The predicted molar refractivity (Wildman–Crippen MR) is 124 cm³/mol. The number of nitrogens with one attached hydrogen (secondary N) is 1. The Balaban J connectivity index is 1.97. The number of rotatable bonds is 13. The number of halogens is 1. The Labute approximate surface area is 187 Å². The van der Waals surface area contributed by atoms with Crippen LogP contribution in [-0.4, -0.2) is 49.2 Å². The van der Waals surface area contributed by atoms with Crippen LogP contribution >= 0.6 is 23.4 Å². The van der Waals surface area contributed by atoms with Gasteiger partial charge in [-0.25, -0.2) is 9.97 Å². The molecule has 0 unspecified atom stereocenters. The van der Waals surface area contributed by atoms with Gasteiger partial charge in [0.05, 0.1) is 0 Å². The highest BCUT2D eigenvalue weighted by Gasteiger charge is 2.10. The zero-order valence-electron chi connectivity index (χ0n) is 17.1. The summed E-state index contributed by atoms with van der Waals surface area (Å²) in [6.07, 6.45) is 4.40. The molecule has 0 bridgehead atoms. The summed E-state index contributed by atoms with van der Waals surface area (Å²) < 4.78 is 4.98. The molecule has 0 atom stereocenters. The van der Waals surface area contributed by atoms with Gasteiger partial charge in [-0.1, -0.05) is 47.6 Å². The molecule has 160 valence electrons. The van der Waals surface area contributed by atoms with E-state index in [1.165, 1.54) is 11.8 Å². The lowest BCUT2D eigenvalue weighted by Crippen LogP contribution is -2.25. The van der Waals surface area contributed by atoms with Gasteiger partial charge in [0, 0.05) is 50.7 Å². The third-order valence-electron chi connectivity index (χ3n) is 4.08. The summed E-state index contributed by atoms with van der Waals surface area (Å²) in [7, 11) is 1.65. The Morgan fingerprint density at radius 1 is 1.23 bits per heavy atom. The maximum absolute atomic E-state index is 12.1. The molecule has 0 spiro atoms. The number of carbonyl (C=O) groups is 1. The molecule has 0 aliphatic rings. The summed E-state index contributed by atoms with van der Waals surface area (Å²) in [4.78, 5) is 23.1. The van der Waals surface area contributed by atoms with Crippen LogP contribution in [0.2, 0.25) is 5.15 Å². The fourth-order valence-electron chi connectivity index (χ4n) is 2.61. The van der Waals surface area contributed by atoms with E-state index in [1.807, 2.05) is 41.3 Å². The molecule has 6 nitrogen and oxygen atoms in total. The predicted octanol–water partition coefficient (Wildman–Crippen LogP) is 4.37. The number of hydrogen-bond donors (Lipinski definition) is 1. The van der Waals surface area contributed by atoms with E-state index in [0.29, 0.717) is 47.9 Å². The molecule has 2 aromatic rings. The number of anilines is 1. The van der Waals surface area contributed by atoms with Crippen molar-refractivity contribution < 1.29 is 9.53 Å². The van der Waals surface area contributed by atoms with Gasteiger partial charge in [-0.3, -0.25) is 4.79 Å². The minimum absolute atomic E-state index is 0.0855. The highest BCUT2D eigenvalue weighted by molar-refractivity contribution is 7.98. The zero-order valence-corrected chi connectivity index (χ0v) is 18.7. The van der Waals surface area contributed by atoms with Crippen molar-refractivity contribution in [3.63, 3.8) is 0 Å². The van der Waals surface area contributed by atoms with Crippen LogP contribution in [0.25, 0.3) is 0 Å². The largest absolute Gasteiger partial charge is 0.385 e. The molecule has 30 heavy (non-hydrogen) atoms. The Morgan fingerprint density at radius 2 is 1.93 bits per heavy atom. The molecule has 0 aliphatic heterocycles. The van der Waals surface area contributed by atoms with Crippen LogP contribution in [-0.2, 0) is 10.5 Å². The summed E-state index contributed by atoms with van der Waals surface area (Å²) in [5.74, 6) is 1.31. The molecule has 1 aromatic heterocycles. The highest BCUT2D eigenvalue weighted by Crippen LogP contribution is 2.25. The smallest absolute Gasteiger partial charge is 0.251 e. The summed E-state index contributed by atoms with van der Waals surface area (Å²) >= 11 is 7.69. The van der Waals surface area contributed by atoms with Gasteiger partial charge in [0.15, 0.2) is 5.16 Å². The van der Waals surface area contributed by atoms with Gasteiger partial charge >= 0.3 is 0 Å². The quantitative estimate of drug-likeness (QED) is 0.162. The molecule has 0 radical (unpaired) electrons. The average molecular weight is 447 g/mol. The summed E-state index contributed by atoms with van der Waals surface area (Å²) in [5.41, 5.74) is 1.70. The van der Waals surface area contributed by atoms with Gasteiger partial charge in [-0.2, -0.15) is 0 Å². The van der Waals surface area contributed by atoms with E-state index in [0.717, 1.165) is 17.8 Å². The number of methoxy groups -OCH3 is 1. The molecule has 0 aliphatic carbocycles. The van der Waals surface area contributed by atoms with E-state index < -0.39 is 0 Å². The van der Waals surface area contributed by atoms with E-state index in [1.54, 1.807) is 13.2 Å². The van der Waals surface area contributed by atoms with Gasteiger partial charge in [-0.15, -0.1) is 13.2 Å². The van der Waals surface area contributed by atoms with E-state index >= 15 is 0 Å². The van der Waals surface area contributed by atoms with Crippen molar-refractivity contribution in [1.29, 1.82) is 0 Å². The van der Waals surface area contributed by atoms with Crippen molar-refractivity contribution in [3.8, 4) is 0 Å². The van der Waals surface area contributed by atoms with Crippen molar-refractivity contribution in [1.82, 2.24) is 15.3 Å². The van der Waals surface area contributed by atoms with Crippen molar-refractivity contribution in [2.24, 2.45) is 0 Å². The number of amides is 1. The topological polar surface area (TPSA) is 67.4 Å². The van der Waals surface area contributed by atoms with E-state index in [2.05, 4.69) is 28.4 Å². The normalized spacial score (nSPS) is 10.5. The van der Waals surface area contributed by atoms with Gasteiger partial charge < -0.3 is 15.0 Å². The molecule has 1 aromatic carbocycles. The molecule has 0 saturated carbocycles. The molecular weight excluding hydrogens is 420 g/mol. The number of nitrogens with zero attached hydrogens (tertiary/aromatic N) is 3. The van der Waals surface area contributed by atoms with Crippen LogP contribution < -0.4 is 10.2 Å². The second-order valence-electron chi connectivity index (χ2n) is 6.40. The number of aromatic nitrogens is 2. The van der Waals surface area contributed by atoms with Crippen LogP contribution in [0.5, 0.6) is 0 Å². The van der Waals surface area contributed by atoms with Gasteiger partial charge in [-0.05, 0) is 24.1 Å². The second kappa shape index (κ2) is 13.1. The Morgan fingerprint density at radius 3 is 2.57 bits per heavy atom. The fraction of sp³-hybridized carbons (Fsp3) is 0.318. The standard InChI is InChI=1S/C22H27ClN4O2S/c1-4-12-27(13-5-2)20-15-19(23)25-22(26-20)30-16-17-7-9-18(10-8-17)21(28)24-11-6-14-29-3/h4-5,7-10,15H,1-2,6,11-14,16H2,3H3,(H,24,28). The monoisotopic (exact) mass is 446 g/mol. The van der Waals surface area contributed by atoms with Crippen molar-refractivity contribution in [3.05, 3.63) is 71.9 Å². The number of carbonyl (C=O) groups excluding carboxylic acids is 1. The van der Waals surface area contributed by atoms with Crippen molar-refractivity contribution in [2.45, 2.75) is 17.3 Å². The molecule has 1 amide bonds. The maximum atomic E-state index is 12.1. The summed E-state index contributed by atoms with van der Waals surface area (Å²) in [6, 6.07) is 9.25. The lowest BCUT2D eigenvalue weighted by atomic mass is 10.1. The molecule has 2 rings (SSSR count). The molecule has 1 heterocycles. The first-order valence-corrected chi connectivity index (χ1v) is 10.9. The third-order valence-corrected chi connectivity index (χ3v) is 5.19. The van der Waals surface area contributed by atoms with Crippen molar-refractivity contribution >= 4 is 35.1 Å². The number of hydrogen-bond acceptors (Lipinski definition) is 6. The Hall–Kier alpha value is -2.35. The first kappa shape index (κ1) is 23.9. The van der Waals surface area contributed by atoms with E-state index in [9.17, 15) is 4.79 Å². The minimum Gasteiger partial charge on any atom is -0.385 e. The van der Waals surface area contributed by atoms with Crippen LogP contribution in [0.3, 0.4) is 0 Å². The molecule has 0 saturated heterocycles. The van der Waals surface area contributed by atoms with E-state index in [4.69, 9.17) is 16.3 Å². The molecule has 1 N–H and O–H groups in total. The number of thioether (sulfide) groups is 1. The van der Waals surface area contributed by atoms with Crippen molar-refractivity contribution in [2.75, 3.05) is 38.3 Å². The van der Waals surface area contributed by atoms with Crippen LogP contribution in [0.15, 0.2) is 60.8 Å².